The molecular formula is C12H25NO. The van der Waals surface area contributed by atoms with Gasteiger partial charge in [0.2, 0.25) is 0 Å². The minimum absolute atomic E-state index is 0.0271. The van der Waals surface area contributed by atoms with Crippen LogP contribution in [0.5, 0.6) is 0 Å². The number of hydrogen-bond donors (Lipinski definition) is 2. The second-order valence-electron chi connectivity index (χ2n) is 4.92. The van der Waals surface area contributed by atoms with Gasteiger partial charge in [-0.05, 0) is 44.6 Å². The van der Waals surface area contributed by atoms with Gasteiger partial charge in [0.25, 0.3) is 0 Å². The fourth-order valence-electron chi connectivity index (χ4n) is 2.14. The molecular weight excluding hydrogens is 174 g/mol. The Morgan fingerprint density at radius 2 is 2.07 bits per heavy atom. The van der Waals surface area contributed by atoms with E-state index in [9.17, 15) is 5.11 Å². The SMILES string of the molecule is CCC(C)C(C)NCC1CCC(O)C1. The highest BCUT2D eigenvalue weighted by atomic mass is 16.3. The van der Waals surface area contributed by atoms with Gasteiger partial charge >= 0.3 is 0 Å². The lowest BCUT2D eigenvalue weighted by molar-refractivity contribution is 0.176. The van der Waals surface area contributed by atoms with Gasteiger partial charge in [-0.15, -0.1) is 0 Å². The number of rotatable bonds is 5. The average molecular weight is 199 g/mol. The largest absolute Gasteiger partial charge is 0.393 e. The molecule has 0 aliphatic heterocycles. The van der Waals surface area contributed by atoms with E-state index in [-0.39, 0.29) is 6.10 Å². The predicted molar refractivity (Wildman–Crippen MR) is 60.3 cm³/mol. The predicted octanol–water partition coefficient (Wildman–Crippen LogP) is 2.17. The van der Waals surface area contributed by atoms with Crippen LogP contribution in [-0.2, 0) is 0 Å². The first-order chi connectivity index (χ1) is 6.63. The van der Waals surface area contributed by atoms with Crippen LogP contribution in [-0.4, -0.2) is 23.8 Å². The van der Waals surface area contributed by atoms with E-state index in [1.54, 1.807) is 0 Å². The van der Waals surface area contributed by atoms with E-state index < -0.39 is 0 Å². The second kappa shape index (κ2) is 5.72. The smallest absolute Gasteiger partial charge is 0.0543 e. The van der Waals surface area contributed by atoms with Crippen LogP contribution in [0.3, 0.4) is 0 Å². The highest BCUT2D eigenvalue weighted by Crippen LogP contribution is 2.24. The molecule has 0 spiro atoms. The van der Waals surface area contributed by atoms with Crippen molar-refractivity contribution >= 4 is 0 Å². The van der Waals surface area contributed by atoms with Crippen LogP contribution in [0.4, 0.5) is 0 Å². The molecule has 84 valence electrons. The zero-order chi connectivity index (χ0) is 10.6. The zero-order valence-corrected chi connectivity index (χ0v) is 9.79. The van der Waals surface area contributed by atoms with E-state index in [0.717, 1.165) is 25.3 Å². The Hall–Kier alpha value is -0.0800. The summed E-state index contributed by atoms with van der Waals surface area (Å²) in [5.41, 5.74) is 0. The molecule has 1 saturated carbocycles. The van der Waals surface area contributed by atoms with Crippen LogP contribution >= 0.6 is 0 Å². The lowest BCUT2D eigenvalue weighted by atomic mass is 10.00. The summed E-state index contributed by atoms with van der Waals surface area (Å²) in [6.45, 7) is 7.88. The third kappa shape index (κ3) is 3.58. The molecule has 2 nitrogen and oxygen atoms in total. The van der Waals surface area contributed by atoms with Gasteiger partial charge in [-0.2, -0.15) is 0 Å². The van der Waals surface area contributed by atoms with E-state index in [1.165, 1.54) is 12.8 Å². The number of aliphatic hydroxyl groups is 1. The van der Waals surface area contributed by atoms with Crippen LogP contribution in [0.2, 0.25) is 0 Å². The van der Waals surface area contributed by atoms with Crippen molar-refractivity contribution in [2.24, 2.45) is 11.8 Å². The van der Waals surface area contributed by atoms with Gasteiger partial charge in [0.05, 0.1) is 6.10 Å². The molecule has 0 aromatic carbocycles. The average Bonchev–Trinajstić information content (AvgIpc) is 2.59. The van der Waals surface area contributed by atoms with Crippen molar-refractivity contribution in [1.29, 1.82) is 0 Å². The van der Waals surface area contributed by atoms with Gasteiger partial charge in [-0.1, -0.05) is 20.3 Å². The van der Waals surface area contributed by atoms with Crippen LogP contribution in [0.25, 0.3) is 0 Å². The summed E-state index contributed by atoms with van der Waals surface area (Å²) < 4.78 is 0. The normalized spacial score (nSPS) is 31.7. The molecule has 0 heterocycles. The lowest BCUT2D eigenvalue weighted by Gasteiger charge is -2.22. The molecule has 1 fully saturated rings. The Bertz CT molecular complexity index is 158. The van der Waals surface area contributed by atoms with Crippen molar-refractivity contribution in [1.82, 2.24) is 5.32 Å². The molecule has 1 aliphatic carbocycles. The van der Waals surface area contributed by atoms with E-state index in [2.05, 4.69) is 26.1 Å². The van der Waals surface area contributed by atoms with Crippen molar-refractivity contribution in [2.75, 3.05) is 6.54 Å². The summed E-state index contributed by atoms with van der Waals surface area (Å²) >= 11 is 0. The molecule has 0 aromatic rings. The standard InChI is InChI=1S/C12H25NO/c1-4-9(2)10(3)13-8-11-5-6-12(14)7-11/h9-14H,4-8H2,1-3H3. The van der Waals surface area contributed by atoms with Gasteiger partial charge in [0.15, 0.2) is 0 Å². The summed E-state index contributed by atoms with van der Waals surface area (Å²) in [6.07, 6.45) is 4.41. The van der Waals surface area contributed by atoms with Crippen molar-refractivity contribution in [3.63, 3.8) is 0 Å². The summed E-state index contributed by atoms with van der Waals surface area (Å²) in [5, 5.41) is 13.0. The van der Waals surface area contributed by atoms with Crippen molar-refractivity contribution in [3.05, 3.63) is 0 Å². The fraction of sp³-hybridized carbons (Fsp3) is 1.00. The van der Waals surface area contributed by atoms with Crippen LogP contribution in [0.1, 0.15) is 46.5 Å². The maximum Gasteiger partial charge on any atom is 0.0543 e. The Kier molecular flexibility index (Phi) is 4.90. The summed E-state index contributed by atoms with van der Waals surface area (Å²) in [4.78, 5) is 0. The van der Waals surface area contributed by atoms with E-state index >= 15 is 0 Å². The third-order valence-corrected chi connectivity index (χ3v) is 3.74. The topological polar surface area (TPSA) is 32.3 Å². The van der Waals surface area contributed by atoms with Gasteiger partial charge in [0, 0.05) is 6.04 Å². The van der Waals surface area contributed by atoms with Gasteiger partial charge in [-0.25, -0.2) is 0 Å². The molecule has 0 radical (unpaired) electrons. The molecule has 0 bridgehead atoms. The molecule has 2 N–H and O–H groups in total. The number of aliphatic hydroxyl groups excluding tert-OH is 1. The first-order valence-corrected chi connectivity index (χ1v) is 6.05. The monoisotopic (exact) mass is 199 g/mol. The van der Waals surface area contributed by atoms with Crippen molar-refractivity contribution in [3.8, 4) is 0 Å². The third-order valence-electron chi connectivity index (χ3n) is 3.74. The van der Waals surface area contributed by atoms with Crippen LogP contribution in [0.15, 0.2) is 0 Å². The Morgan fingerprint density at radius 3 is 2.57 bits per heavy atom. The fourth-order valence-corrected chi connectivity index (χ4v) is 2.14. The quantitative estimate of drug-likeness (QED) is 0.711. The van der Waals surface area contributed by atoms with E-state index in [4.69, 9.17) is 0 Å². The van der Waals surface area contributed by atoms with Crippen LogP contribution < -0.4 is 5.32 Å². The maximum atomic E-state index is 9.39. The molecule has 0 aromatic heterocycles. The van der Waals surface area contributed by atoms with E-state index in [0.29, 0.717) is 12.0 Å². The lowest BCUT2D eigenvalue weighted by Crippen LogP contribution is -2.35. The Labute approximate surface area is 88.1 Å². The minimum Gasteiger partial charge on any atom is -0.393 e. The Morgan fingerprint density at radius 1 is 1.36 bits per heavy atom. The summed E-state index contributed by atoms with van der Waals surface area (Å²) in [7, 11) is 0. The highest BCUT2D eigenvalue weighted by molar-refractivity contribution is 4.78. The van der Waals surface area contributed by atoms with Gasteiger partial charge in [0.1, 0.15) is 0 Å². The Balaban J connectivity index is 2.14. The zero-order valence-electron chi connectivity index (χ0n) is 9.79. The minimum atomic E-state index is -0.0271. The molecule has 1 rings (SSSR count). The van der Waals surface area contributed by atoms with Crippen LogP contribution in [0, 0.1) is 11.8 Å². The van der Waals surface area contributed by atoms with Crippen molar-refractivity contribution < 1.29 is 5.11 Å². The van der Waals surface area contributed by atoms with Gasteiger partial charge in [-0.3, -0.25) is 0 Å². The molecule has 4 unspecified atom stereocenters. The molecule has 2 heteroatoms. The summed E-state index contributed by atoms with van der Waals surface area (Å²) in [5.74, 6) is 1.46. The number of hydrogen-bond acceptors (Lipinski definition) is 2. The van der Waals surface area contributed by atoms with Gasteiger partial charge < -0.3 is 10.4 Å². The molecule has 1 aliphatic rings. The molecule has 4 atom stereocenters. The first kappa shape index (κ1) is 12.0. The highest BCUT2D eigenvalue weighted by Gasteiger charge is 2.23. The number of nitrogens with one attached hydrogen (secondary N) is 1. The first-order valence-electron chi connectivity index (χ1n) is 6.05. The maximum absolute atomic E-state index is 9.39. The molecule has 0 saturated heterocycles. The van der Waals surface area contributed by atoms with Crippen molar-refractivity contribution in [2.45, 2.75) is 58.6 Å². The molecule has 14 heavy (non-hydrogen) atoms. The summed E-state index contributed by atoms with van der Waals surface area (Å²) in [6, 6.07) is 0.609. The second-order valence-corrected chi connectivity index (χ2v) is 4.92. The van der Waals surface area contributed by atoms with E-state index in [1.807, 2.05) is 0 Å². The molecule has 0 amide bonds.